The van der Waals surface area contributed by atoms with Crippen molar-refractivity contribution < 1.29 is 4.74 Å². The molecular formula is C21H28N2O. The fraction of sp³-hybridized carbons (Fsp3) is 0.429. The molecule has 0 bridgehead atoms. The van der Waals surface area contributed by atoms with Gasteiger partial charge >= 0.3 is 0 Å². The molecule has 0 radical (unpaired) electrons. The van der Waals surface area contributed by atoms with Crippen LogP contribution in [0.5, 0.6) is 0 Å². The molecule has 0 aliphatic carbocycles. The molecule has 0 amide bonds. The van der Waals surface area contributed by atoms with E-state index in [0.29, 0.717) is 12.0 Å². The number of rotatable bonds is 7. The Morgan fingerprint density at radius 1 is 1.00 bits per heavy atom. The molecular weight excluding hydrogens is 296 g/mol. The summed E-state index contributed by atoms with van der Waals surface area (Å²) in [7, 11) is 0. The predicted molar refractivity (Wildman–Crippen MR) is 99.2 cm³/mol. The van der Waals surface area contributed by atoms with Crippen molar-refractivity contribution in [3.63, 3.8) is 0 Å². The van der Waals surface area contributed by atoms with Crippen LogP contribution in [0.2, 0.25) is 0 Å². The molecule has 1 aliphatic heterocycles. The van der Waals surface area contributed by atoms with Crippen LogP contribution in [0.1, 0.15) is 29.9 Å². The third kappa shape index (κ3) is 4.44. The third-order valence-electron chi connectivity index (χ3n) is 4.96. The standard InChI is InChI=1S/C21H28N2O/c22-13-14-23-15-16-24-17-20(23)11-12-21(18-7-3-1-4-8-18)19-9-5-2-6-10-19/h1-10,20-21H,11-17,22H2. The summed E-state index contributed by atoms with van der Waals surface area (Å²) in [6, 6.07) is 22.2. The second kappa shape index (κ2) is 8.97. The van der Waals surface area contributed by atoms with Crippen molar-refractivity contribution in [3.8, 4) is 0 Å². The third-order valence-corrected chi connectivity index (χ3v) is 4.96. The second-order valence-corrected chi connectivity index (χ2v) is 6.50. The van der Waals surface area contributed by atoms with Crippen LogP contribution in [0.25, 0.3) is 0 Å². The molecule has 0 aromatic heterocycles. The minimum atomic E-state index is 0.439. The highest BCUT2D eigenvalue weighted by atomic mass is 16.5. The van der Waals surface area contributed by atoms with E-state index in [2.05, 4.69) is 65.6 Å². The highest BCUT2D eigenvalue weighted by Gasteiger charge is 2.24. The molecule has 2 aromatic carbocycles. The molecule has 2 aromatic rings. The van der Waals surface area contributed by atoms with Crippen molar-refractivity contribution in [1.82, 2.24) is 4.90 Å². The lowest BCUT2D eigenvalue weighted by Gasteiger charge is -2.36. The number of ether oxygens (including phenoxy) is 1. The Bertz CT molecular complexity index is 546. The van der Waals surface area contributed by atoms with E-state index in [9.17, 15) is 0 Å². The summed E-state index contributed by atoms with van der Waals surface area (Å²) in [6.45, 7) is 4.35. The molecule has 0 saturated carbocycles. The molecule has 24 heavy (non-hydrogen) atoms. The first-order chi connectivity index (χ1) is 11.9. The number of benzene rings is 2. The SMILES string of the molecule is NCCN1CCOCC1CCC(c1ccccc1)c1ccccc1. The van der Waals surface area contributed by atoms with E-state index < -0.39 is 0 Å². The molecule has 1 fully saturated rings. The van der Waals surface area contributed by atoms with E-state index in [4.69, 9.17) is 10.5 Å². The van der Waals surface area contributed by atoms with Crippen molar-refractivity contribution >= 4 is 0 Å². The van der Waals surface area contributed by atoms with Gasteiger partial charge in [-0.2, -0.15) is 0 Å². The zero-order chi connectivity index (χ0) is 16.6. The van der Waals surface area contributed by atoms with Gasteiger partial charge in [0.1, 0.15) is 0 Å². The van der Waals surface area contributed by atoms with Crippen LogP contribution in [0.15, 0.2) is 60.7 Å². The fourth-order valence-electron chi connectivity index (χ4n) is 3.67. The average Bonchev–Trinajstić information content (AvgIpc) is 2.65. The van der Waals surface area contributed by atoms with Gasteiger partial charge in [0.05, 0.1) is 13.2 Å². The number of nitrogens with zero attached hydrogens (tertiary/aromatic N) is 1. The summed E-state index contributed by atoms with van der Waals surface area (Å²) < 4.78 is 5.72. The molecule has 1 saturated heterocycles. The number of hydrogen-bond acceptors (Lipinski definition) is 3. The Morgan fingerprint density at radius 3 is 2.21 bits per heavy atom. The first-order valence-corrected chi connectivity index (χ1v) is 9.00. The van der Waals surface area contributed by atoms with Crippen LogP contribution in [0.4, 0.5) is 0 Å². The zero-order valence-electron chi connectivity index (χ0n) is 14.3. The Morgan fingerprint density at radius 2 is 1.62 bits per heavy atom. The van der Waals surface area contributed by atoms with Crippen LogP contribution in [-0.2, 0) is 4.74 Å². The van der Waals surface area contributed by atoms with Crippen molar-refractivity contribution in [1.29, 1.82) is 0 Å². The van der Waals surface area contributed by atoms with Gasteiger partial charge in [-0.1, -0.05) is 60.7 Å². The normalized spacial score (nSPS) is 18.8. The Kier molecular flexibility index (Phi) is 6.41. The summed E-state index contributed by atoms with van der Waals surface area (Å²) in [5.41, 5.74) is 8.57. The van der Waals surface area contributed by atoms with Crippen LogP contribution >= 0.6 is 0 Å². The van der Waals surface area contributed by atoms with E-state index in [0.717, 1.165) is 45.7 Å². The van der Waals surface area contributed by atoms with Gasteiger partial charge in [-0.15, -0.1) is 0 Å². The van der Waals surface area contributed by atoms with E-state index in [1.165, 1.54) is 11.1 Å². The van der Waals surface area contributed by atoms with Gasteiger partial charge < -0.3 is 10.5 Å². The lowest BCUT2D eigenvalue weighted by atomic mass is 9.86. The summed E-state index contributed by atoms with van der Waals surface area (Å²) in [6.07, 6.45) is 2.26. The summed E-state index contributed by atoms with van der Waals surface area (Å²) >= 11 is 0. The number of morpholine rings is 1. The van der Waals surface area contributed by atoms with Crippen molar-refractivity contribution in [2.24, 2.45) is 5.73 Å². The van der Waals surface area contributed by atoms with Crippen molar-refractivity contribution in [3.05, 3.63) is 71.8 Å². The van der Waals surface area contributed by atoms with Crippen molar-refractivity contribution in [2.45, 2.75) is 24.8 Å². The summed E-state index contributed by atoms with van der Waals surface area (Å²) in [5, 5.41) is 0. The molecule has 128 valence electrons. The van der Waals surface area contributed by atoms with E-state index in [1.807, 2.05) is 0 Å². The molecule has 1 unspecified atom stereocenters. The van der Waals surface area contributed by atoms with Gasteiger partial charge in [-0.3, -0.25) is 4.90 Å². The minimum Gasteiger partial charge on any atom is -0.378 e. The first kappa shape index (κ1) is 17.2. The lowest BCUT2D eigenvalue weighted by molar-refractivity contribution is -0.00966. The molecule has 1 atom stereocenters. The van der Waals surface area contributed by atoms with Crippen LogP contribution in [0, 0.1) is 0 Å². The fourth-order valence-corrected chi connectivity index (χ4v) is 3.67. The maximum Gasteiger partial charge on any atom is 0.0622 e. The lowest BCUT2D eigenvalue weighted by Crippen LogP contribution is -2.47. The molecule has 3 heteroatoms. The van der Waals surface area contributed by atoms with Crippen molar-refractivity contribution in [2.75, 3.05) is 32.8 Å². The molecule has 1 aliphatic rings. The quantitative estimate of drug-likeness (QED) is 0.849. The topological polar surface area (TPSA) is 38.5 Å². The largest absolute Gasteiger partial charge is 0.378 e. The van der Waals surface area contributed by atoms with Gasteiger partial charge in [0.2, 0.25) is 0 Å². The summed E-state index contributed by atoms with van der Waals surface area (Å²) in [5.74, 6) is 0.439. The first-order valence-electron chi connectivity index (χ1n) is 9.00. The van der Waals surface area contributed by atoms with E-state index in [-0.39, 0.29) is 0 Å². The Balaban J connectivity index is 1.72. The molecule has 0 spiro atoms. The predicted octanol–water partition coefficient (Wildman–Crippen LogP) is 3.26. The van der Waals surface area contributed by atoms with Crippen LogP contribution in [-0.4, -0.2) is 43.8 Å². The average molecular weight is 324 g/mol. The molecule has 2 N–H and O–H groups in total. The smallest absolute Gasteiger partial charge is 0.0622 e. The van der Waals surface area contributed by atoms with Gasteiger partial charge in [-0.05, 0) is 24.0 Å². The molecule has 1 heterocycles. The van der Waals surface area contributed by atoms with E-state index in [1.54, 1.807) is 0 Å². The monoisotopic (exact) mass is 324 g/mol. The maximum absolute atomic E-state index is 5.78. The molecule has 3 nitrogen and oxygen atoms in total. The van der Waals surface area contributed by atoms with E-state index >= 15 is 0 Å². The van der Waals surface area contributed by atoms with Gasteiger partial charge in [0, 0.05) is 31.6 Å². The maximum atomic E-state index is 5.78. The minimum absolute atomic E-state index is 0.439. The van der Waals surface area contributed by atoms with Gasteiger partial charge in [0.15, 0.2) is 0 Å². The highest BCUT2D eigenvalue weighted by Crippen LogP contribution is 2.30. The van der Waals surface area contributed by atoms with Gasteiger partial charge in [-0.25, -0.2) is 0 Å². The Labute approximate surface area is 145 Å². The second-order valence-electron chi connectivity index (χ2n) is 6.50. The van der Waals surface area contributed by atoms with Gasteiger partial charge in [0.25, 0.3) is 0 Å². The van der Waals surface area contributed by atoms with Crippen LogP contribution in [0.3, 0.4) is 0 Å². The van der Waals surface area contributed by atoms with Crippen LogP contribution < -0.4 is 5.73 Å². The molecule has 3 rings (SSSR count). The number of nitrogens with two attached hydrogens (primary N) is 1. The number of hydrogen-bond donors (Lipinski definition) is 1. The summed E-state index contributed by atoms with van der Waals surface area (Å²) in [4.78, 5) is 2.50. The highest BCUT2D eigenvalue weighted by molar-refractivity contribution is 5.32. The zero-order valence-corrected chi connectivity index (χ0v) is 14.3. The Hall–Kier alpha value is -1.68.